The van der Waals surface area contributed by atoms with E-state index < -0.39 is 20.7 Å². The second kappa shape index (κ2) is 7.08. The van der Waals surface area contributed by atoms with Crippen LogP contribution in [0.2, 0.25) is 10.0 Å². The number of thioether (sulfide) groups is 1. The molecule has 1 fully saturated rings. The first-order valence-corrected chi connectivity index (χ1v) is 9.58. The van der Waals surface area contributed by atoms with Crippen LogP contribution in [0.3, 0.4) is 0 Å². The molecule has 1 aromatic carbocycles. The molecule has 22 heavy (non-hydrogen) atoms. The lowest BCUT2D eigenvalue weighted by atomic mass is 10.2. The molecule has 0 spiro atoms. The molecule has 2 rings (SSSR count). The summed E-state index contributed by atoms with van der Waals surface area (Å²) < 4.78 is 26.2. The van der Waals surface area contributed by atoms with Gasteiger partial charge in [0, 0.05) is 27.9 Å². The van der Waals surface area contributed by atoms with E-state index in [4.69, 9.17) is 23.2 Å². The van der Waals surface area contributed by atoms with Crippen LogP contribution in [0.1, 0.15) is 12.0 Å². The molecule has 0 radical (unpaired) electrons. The Morgan fingerprint density at radius 3 is 2.59 bits per heavy atom. The van der Waals surface area contributed by atoms with E-state index in [1.54, 1.807) is 18.2 Å². The van der Waals surface area contributed by atoms with Crippen LogP contribution >= 0.6 is 35.0 Å². The molecule has 1 aliphatic heterocycles. The summed E-state index contributed by atoms with van der Waals surface area (Å²) in [6.07, 6.45) is 1.34. The zero-order valence-electron chi connectivity index (χ0n) is 11.2. The Hall–Kier alpha value is -0.960. The summed E-state index contributed by atoms with van der Waals surface area (Å²) in [5.41, 5.74) is 0.293. The van der Waals surface area contributed by atoms with Gasteiger partial charge in [0.25, 0.3) is 6.20 Å². The first-order valence-electron chi connectivity index (χ1n) is 6.22. The lowest BCUT2D eigenvalue weighted by Gasteiger charge is -2.28. The van der Waals surface area contributed by atoms with Crippen molar-refractivity contribution in [2.45, 2.75) is 12.2 Å². The van der Waals surface area contributed by atoms with Crippen LogP contribution < -0.4 is 0 Å². The third-order valence-electron chi connectivity index (χ3n) is 2.94. The molecule has 0 aliphatic carbocycles. The van der Waals surface area contributed by atoms with Crippen LogP contribution in [0.15, 0.2) is 29.4 Å². The smallest absolute Gasteiger partial charge is 0.259 e. The Morgan fingerprint density at radius 1 is 1.36 bits per heavy atom. The van der Waals surface area contributed by atoms with E-state index in [0.29, 0.717) is 17.7 Å². The third kappa shape index (κ3) is 4.07. The van der Waals surface area contributed by atoms with E-state index in [-0.39, 0.29) is 21.6 Å². The average Bonchev–Trinajstić information content (AvgIpc) is 2.43. The molecule has 120 valence electrons. The highest BCUT2D eigenvalue weighted by Gasteiger charge is 2.30. The molecule has 1 heterocycles. The van der Waals surface area contributed by atoms with Crippen molar-refractivity contribution in [3.05, 3.63) is 55.2 Å². The Labute approximate surface area is 142 Å². The Kier molecular flexibility index (Phi) is 5.60. The van der Waals surface area contributed by atoms with Crippen molar-refractivity contribution in [3.8, 4) is 0 Å². The summed E-state index contributed by atoms with van der Waals surface area (Å²) in [5, 5.41) is 11.3. The summed E-state index contributed by atoms with van der Waals surface area (Å²) in [6, 6.07) is 4.73. The largest absolute Gasteiger partial charge is 0.265 e. The first kappa shape index (κ1) is 17.4. The van der Waals surface area contributed by atoms with Gasteiger partial charge < -0.3 is 0 Å². The van der Waals surface area contributed by atoms with Crippen LogP contribution in [-0.2, 0) is 15.8 Å². The van der Waals surface area contributed by atoms with Crippen molar-refractivity contribution >= 4 is 45.0 Å². The standard InChI is InChI=1S/C12H12Cl2N2O4S2/c13-10-3-1-4-11(14)9(10)8-22(19,20)15-5-2-6-21-12(15)7-16(17)18/h1,3-4,7H,2,5-6,8H2. The zero-order chi connectivity index (χ0) is 16.3. The fraction of sp³-hybridized carbons (Fsp3) is 0.333. The fourth-order valence-corrected chi connectivity index (χ4v) is 5.59. The number of hydrogen-bond acceptors (Lipinski definition) is 5. The molecular weight excluding hydrogens is 371 g/mol. The highest BCUT2D eigenvalue weighted by Crippen LogP contribution is 2.33. The predicted molar refractivity (Wildman–Crippen MR) is 87.9 cm³/mol. The Morgan fingerprint density at radius 2 is 2.00 bits per heavy atom. The Bertz CT molecular complexity index is 702. The molecule has 0 aromatic heterocycles. The maximum Gasteiger partial charge on any atom is 0.265 e. The molecule has 10 heteroatoms. The van der Waals surface area contributed by atoms with Crippen molar-refractivity contribution in [2.75, 3.05) is 12.3 Å². The molecular formula is C12H12Cl2N2O4S2. The second-order valence-electron chi connectivity index (χ2n) is 4.48. The average molecular weight is 383 g/mol. The number of rotatable bonds is 4. The molecule has 0 amide bonds. The van der Waals surface area contributed by atoms with E-state index in [1.165, 1.54) is 0 Å². The van der Waals surface area contributed by atoms with Gasteiger partial charge in [0.15, 0.2) is 5.03 Å². The number of benzene rings is 1. The molecule has 6 nitrogen and oxygen atoms in total. The summed E-state index contributed by atoms with van der Waals surface area (Å²) >= 11 is 13.1. The molecule has 0 bridgehead atoms. The number of sulfonamides is 1. The summed E-state index contributed by atoms with van der Waals surface area (Å²) in [5.74, 6) is 0.236. The van der Waals surface area contributed by atoms with E-state index >= 15 is 0 Å². The molecule has 0 atom stereocenters. The third-order valence-corrected chi connectivity index (χ3v) is 6.58. The van der Waals surface area contributed by atoms with Crippen molar-refractivity contribution in [1.29, 1.82) is 0 Å². The van der Waals surface area contributed by atoms with Gasteiger partial charge >= 0.3 is 0 Å². The molecule has 0 saturated carbocycles. The first-order chi connectivity index (χ1) is 10.3. The maximum absolute atomic E-state index is 12.6. The van der Waals surface area contributed by atoms with Crippen molar-refractivity contribution in [2.24, 2.45) is 0 Å². The van der Waals surface area contributed by atoms with E-state index in [9.17, 15) is 18.5 Å². The molecule has 1 aromatic rings. The number of nitro groups is 1. The monoisotopic (exact) mass is 382 g/mol. The molecule has 0 N–H and O–H groups in total. The zero-order valence-corrected chi connectivity index (χ0v) is 14.4. The SMILES string of the molecule is O=[N+]([O-])C=C1SCCCN1S(=O)(=O)Cc1c(Cl)cccc1Cl. The lowest BCUT2D eigenvalue weighted by molar-refractivity contribution is -0.403. The van der Waals surface area contributed by atoms with Crippen molar-refractivity contribution < 1.29 is 13.3 Å². The van der Waals surface area contributed by atoms with Gasteiger partial charge in [0.05, 0.1) is 10.7 Å². The normalized spacial score (nSPS) is 17.7. The number of hydrogen-bond donors (Lipinski definition) is 0. The van der Waals surface area contributed by atoms with Crippen LogP contribution in [0.4, 0.5) is 0 Å². The summed E-state index contributed by atoms with van der Waals surface area (Å²) in [6.45, 7) is 0.205. The summed E-state index contributed by atoms with van der Waals surface area (Å²) in [4.78, 5) is 10.0. The van der Waals surface area contributed by atoms with Crippen molar-refractivity contribution in [3.63, 3.8) is 0 Å². The minimum absolute atomic E-state index is 0.111. The molecule has 1 saturated heterocycles. The van der Waals surface area contributed by atoms with Gasteiger partial charge in [-0.1, -0.05) is 29.3 Å². The summed E-state index contributed by atoms with van der Waals surface area (Å²) in [7, 11) is -3.81. The van der Waals surface area contributed by atoms with Crippen molar-refractivity contribution in [1.82, 2.24) is 4.31 Å². The van der Waals surface area contributed by atoms with Gasteiger partial charge in [-0.05, 0) is 18.6 Å². The van der Waals surface area contributed by atoms with Crippen LogP contribution in [0, 0.1) is 10.1 Å². The van der Waals surface area contributed by atoms with E-state index in [1.807, 2.05) is 0 Å². The van der Waals surface area contributed by atoms with Crippen LogP contribution in [0.25, 0.3) is 0 Å². The maximum atomic E-state index is 12.6. The van der Waals surface area contributed by atoms with E-state index in [2.05, 4.69) is 0 Å². The minimum atomic E-state index is -3.81. The topological polar surface area (TPSA) is 80.5 Å². The van der Waals surface area contributed by atoms with Gasteiger partial charge in [0.1, 0.15) is 0 Å². The van der Waals surface area contributed by atoms with Gasteiger partial charge in [0.2, 0.25) is 10.0 Å². The molecule has 0 unspecified atom stereocenters. The van der Waals surface area contributed by atoms with Gasteiger partial charge in [-0.2, -0.15) is 0 Å². The fourth-order valence-electron chi connectivity index (χ4n) is 1.97. The highest BCUT2D eigenvalue weighted by molar-refractivity contribution is 8.03. The lowest BCUT2D eigenvalue weighted by Crippen LogP contribution is -2.34. The predicted octanol–water partition coefficient (Wildman–Crippen LogP) is 3.34. The minimum Gasteiger partial charge on any atom is -0.259 e. The highest BCUT2D eigenvalue weighted by atomic mass is 35.5. The Balaban J connectivity index is 2.34. The second-order valence-corrected chi connectivity index (χ2v) is 8.31. The van der Waals surface area contributed by atoms with Crippen LogP contribution in [0.5, 0.6) is 0 Å². The number of nitrogens with zero attached hydrogens (tertiary/aromatic N) is 2. The van der Waals surface area contributed by atoms with Gasteiger partial charge in [-0.25, -0.2) is 8.42 Å². The van der Waals surface area contributed by atoms with Crippen LogP contribution in [-0.4, -0.2) is 29.9 Å². The quantitative estimate of drug-likeness (QED) is 0.589. The number of halogens is 2. The van der Waals surface area contributed by atoms with Gasteiger partial charge in [-0.15, -0.1) is 11.8 Å². The molecule has 1 aliphatic rings. The van der Waals surface area contributed by atoms with E-state index in [0.717, 1.165) is 22.3 Å². The van der Waals surface area contributed by atoms with Gasteiger partial charge in [-0.3, -0.25) is 14.4 Å².